The van der Waals surface area contributed by atoms with Crippen LogP contribution in [0.5, 0.6) is 0 Å². The van der Waals surface area contributed by atoms with Gasteiger partial charge in [-0.3, -0.25) is 14.4 Å². The predicted octanol–water partition coefficient (Wildman–Crippen LogP) is 2.15. The van der Waals surface area contributed by atoms with E-state index < -0.39 is 5.54 Å². The average molecular weight is 408 g/mol. The quantitative estimate of drug-likeness (QED) is 0.345. The molecule has 9 nitrogen and oxygen atoms in total. The van der Waals surface area contributed by atoms with E-state index in [4.69, 9.17) is 4.52 Å². The summed E-state index contributed by atoms with van der Waals surface area (Å²) in [5.74, 6) is 0.454. The van der Waals surface area contributed by atoms with E-state index in [1.54, 1.807) is 0 Å². The summed E-state index contributed by atoms with van der Waals surface area (Å²) in [6.45, 7) is 2.01. The molecule has 1 fully saturated rings. The number of unbranched alkanes of at least 4 members (excludes halogenated alkanes) is 1. The van der Waals surface area contributed by atoms with E-state index in [1.807, 2.05) is 0 Å². The van der Waals surface area contributed by atoms with Crippen LogP contribution in [0, 0.1) is 0 Å². The van der Waals surface area contributed by atoms with E-state index in [9.17, 15) is 14.4 Å². The van der Waals surface area contributed by atoms with Crippen molar-refractivity contribution in [2.75, 3.05) is 13.7 Å². The van der Waals surface area contributed by atoms with Crippen LogP contribution in [0.25, 0.3) is 0 Å². The lowest BCUT2D eigenvalue weighted by Crippen LogP contribution is -2.45. The second kappa shape index (κ2) is 11.5. The first kappa shape index (κ1) is 22.8. The molecule has 0 saturated heterocycles. The Labute approximate surface area is 171 Å². The number of carbonyl (C=O) groups excluding carboxylic acids is 3. The van der Waals surface area contributed by atoms with Crippen molar-refractivity contribution in [1.29, 1.82) is 0 Å². The van der Waals surface area contributed by atoms with Crippen molar-refractivity contribution in [2.24, 2.45) is 0 Å². The van der Waals surface area contributed by atoms with Crippen molar-refractivity contribution in [3.8, 4) is 0 Å². The fourth-order valence-corrected chi connectivity index (χ4v) is 3.66. The number of esters is 1. The maximum atomic E-state index is 12.0. The molecule has 0 radical (unpaired) electrons. The van der Waals surface area contributed by atoms with Crippen molar-refractivity contribution in [3.05, 3.63) is 11.7 Å². The molecular weight excluding hydrogens is 376 g/mol. The zero-order chi connectivity index (χ0) is 21.1. The monoisotopic (exact) mass is 408 g/mol. The highest BCUT2D eigenvalue weighted by atomic mass is 16.5. The average Bonchev–Trinajstić information content (AvgIpc) is 3.06. The predicted molar refractivity (Wildman–Crippen MR) is 105 cm³/mol. The molecule has 2 N–H and O–H groups in total. The first-order chi connectivity index (χ1) is 13.9. The van der Waals surface area contributed by atoms with Gasteiger partial charge in [-0.1, -0.05) is 30.8 Å². The van der Waals surface area contributed by atoms with Crippen LogP contribution in [-0.2, 0) is 31.1 Å². The number of aromatic nitrogens is 2. The molecule has 162 valence electrons. The first-order valence-corrected chi connectivity index (χ1v) is 10.4. The van der Waals surface area contributed by atoms with Gasteiger partial charge in [0.25, 0.3) is 0 Å². The Balaban J connectivity index is 1.81. The number of rotatable bonds is 10. The Hall–Kier alpha value is -2.45. The zero-order valence-corrected chi connectivity index (χ0v) is 17.4. The van der Waals surface area contributed by atoms with Crippen LogP contribution in [0.15, 0.2) is 4.52 Å². The summed E-state index contributed by atoms with van der Waals surface area (Å²) in [5.41, 5.74) is -0.577. The third-order valence-corrected chi connectivity index (χ3v) is 5.19. The third-order valence-electron chi connectivity index (χ3n) is 5.19. The van der Waals surface area contributed by atoms with Crippen molar-refractivity contribution < 1.29 is 23.6 Å². The SMILES string of the molecule is COC(=O)CCCCNC(=O)CCc1nc(C2(NC(C)=O)CCCCCC2)no1. The van der Waals surface area contributed by atoms with Gasteiger partial charge in [-0.2, -0.15) is 4.98 Å². The molecule has 1 aromatic rings. The molecule has 2 rings (SSSR count). The van der Waals surface area contributed by atoms with Gasteiger partial charge in [0.2, 0.25) is 17.7 Å². The summed E-state index contributed by atoms with van der Waals surface area (Å²) < 4.78 is 9.93. The number of nitrogens with one attached hydrogen (secondary N) is 2. The van der Waals surface area contributed by atoms with Crippen LogP contribution in [0.3, 0.4) is 0 Å². The Morgan fingerprint density at radius 2 is 1.83 bits per heavy atom. The van der Waals surface area contributed by atoms with E-state index in [0.29, 0.717) is 43.9 Å². The summed E-state index contributed by atoms with van der Waals surface area (Å²) in [6, 6.07) is 0. The summed E-state index contributed by atoms with van der Waals surface area (Å²) in [7, 11) is 1.36. The summed E-state index contributed by atoms with van der Waals surface area (Å²) in [4.78, 5) is 39.2. The van der Waals surface area contributed by atoms with E-state index in [1.165, 1.54) is 14.0 Å². The van der Waals surface area contributed by atoms with Gasteiger partial charge in [0.1, 0.15) is 5.54 Å². The summed E-state index contributed by atoms with van der Waals surface area (Å²) in [5, 5.41) is 9.98. The summed E-state index contributed by atoms with van der Waals surface area (Å²) >= 11 is 0. The molecular formula is C20H32N4O5. The lowest BCUT2D eigenvalue weighted by Gasteiger charge is -2.30. The van der Waals surface area contributed by atoms with Crippen LogP contribution in [0.2, 0.25) is 0 Å². The molecule has 29 heavy (non-hydrogen) atoms. The molecule has 9 heteroatoms. The van der Waals surface area contributed by atoms with Crippen molar-refractivity contribution in [2.45, 2.75) is 83.1 Å². The van der Waals surface area contributed by atoms with Gasteiger partial charge in [-0.15, -0.1) is 0 Å². The standard InChI is InChI=1S/C20H32N4O5/c1-15(25)23-20(12-6-3-4-7-13-20)19-22-17(29-24-19)11-10-16(26)21-14-8-5-9-18(27)28-2/h3-14H2,1-2H3,(H,21,26)(H,23,25). The highest BCUT2D eigenvalue weighted by Crippen LogP contribution is 2.34. The normalized spacial score (nSPS) is 15.9. The second-order valence-corrected chi connectivity index (χ2v) is 7.57. The van der Waals surface area contributed by atoms with Gasteiger partial charge in [0.15, 0.2) is 5.82 Å². The molecule has 1 aliphatic carbocycles. The minimum atomic E-state index is -0.577. The molecule has 0 atom stereocenters. The Morgan fingerprint density at radius 3 is 2.48 bits per heavy atom. The minimum absolute atomic E-state index is 0.103. The van der Waals surface area contributed by atoms with Gasteiger partial charge in [-0.05, 0) is 25.7 Å². The molecule has 0 aromatic carbocycles. The molecule has 0 aliphatic heterocycles. The fourth-order valence-electron chi connectivity index (χ4n) is 3.66. The number of methoxy groups -OCH3 is 1. The van der Waals surface area contributed by atoms with Gasteiger partial charge < -0.3 is 19.9 Å². The Bertz CT molecular complexity index is 680. The molecule has 1 saturated carbocycles. The molecule has 0 spiro atoms. The van der Waals surface area contributed by atoms with Gasteiger partial charge >= 0.3 is 5.97 Å². The van der Waals surface area contributed by atoms with E-state index >= 15 is 0 Å². The number of ether oxygens (including phenoxy) is 1. The van der Waals surface area contributed by atoms with Gasteiger partial charge in [0, 0.05) is 32.7 Å². The highest BCUT2D eigenvalue weighted by Gasteiger charge is 2.38. The van der Waals surface area contributed by atoms with Crippen LogP contribution in [0.1, 0.15) is 82.8 Å². The number of hydrogen-bond acceptors (Lipinski definition) is 7. The fraction of sp³-hybridized carbons (Fsp3) is 0.750. The van der Waals surface area contributed by atoms with E-state index in [0.717, 1.165) is 38.5 Å². The van der Waals surface area contributed by atoms with Gasteiger partial charge in [-0.25, -0.2) is 0 Å². The Kier molecular flexibility index (Phi) is 9.08. The van der Waals surface area contributed by atoms with E-state index in [2.05, 4.69) is 25.5 Å². The maximum absolute atomic E-state index is 12.0. The lowest BCUT2D eigenvalue weighted by molar-refractivity contribution is -0.140. The second-order valence-electron chi connectivity index (χ2n) is 7.57. The van der Waals surface area contributed by atoms with Crippen molar-refractivity contribution in [3.63, 3.8) is 0 Å². The van der Waals surface area contributed by atoms with Crippen LogP contribution < -0.4 is 10.6 Å². The van der Waals surface area contributed by atoms with E-state index in [-0.39, 0.29) is 24.2 Å². The maximum Gasteiger partial charge on any atom is 0.305 e. The highest BCUT2D eigenvalue weighted by molar-refractivity contribution is 5.76. The number of amides is 2. The Morgan fingerprint density at radius 1 is 1.10 bits per heavy atom. The summed E-state index contributed by atoms with van der Waals surface area (Å²) in [6.07, 6.45) is 8.17. The largest absolute Gasteiger partial charge is 0.469 e. The third kappa shape index (κ3) is 7.47. The minimum Gasteiger partial charge on any atom is -0.469 e. The zero-order valence-electron chi connectivity index (χ0n) is 17.4. The smallest absolute Gasteiger partial charge is 0.305 e. The van der Waals surface area contributed by atoms with Crippen LogP contribution in [-0.4, -0.2) is 41.6 Å². The van der Waals surface area contributed by atoms with Gasteiger partial charge in [0.05, 0.1) is 7.11 Å². The molecule has 2 amide bonds. The lowest BCUT2D eigenvalue weighted by atomic mass is 9.89. The van der Waals surface area contributed by atoms with Crippen LogP contribution >= 0.6 is 0 Å². The van der Waals surface area contributed by atoms with Crippen molar-refractivity contribution >= 4 is 17.8 Å². The molecule has 1 aromatic heterocycles. The van der Waals surface area contributed by atoms with Crippen molar-refractivity contribution in [1.82, 2.24) is 20.8 Å². The first-order valence-electron chi connectivity index (χ1n) is 10.4. The number of nitrogens with zero attached hydrogens (tertiary/aromatic N) is 2. The number of carbonyl (C=O) groups is 3. The molecule has 0 bridgehead atoms. The topological polar surface area (TPSA) is 123 Å². The molecule has 1 heterocycles. The molecule has 0 unspecified atom stereocenters. The van der Waals surface area contributed by atoms with Crippen LogP contribution in [0.4, 0.5) is 0 Å². The number of aryl methyl sites for hydroxylation is 1. The number of hydrogen-bond donors (Lipinski definition) is 2. The molecule has 1 aliphatic rings.